The number of rotatable bonds is 4. The van der Waals surface area contributed by atoms with Crippen LogP contribution >= 0.6 is 0 Å². The third-order valence-electron chi connectivity index (χ3n) is 0.662. The van der Waals surface area contributed by atoms with Crippen molar-refractivity contribution in [3.05, 3.63) is 0 Å². The van der Waals surface area contributed by atoms with Crippen molar-refractivity contribution >= 4 is 0 Å². The fraction of sp³-hybridized carbons (Fsp3) is 1.00. The second-order valence-corrected chi connectivity index (χ2v) is 1.29. The van der Waals surface area contributed by atoms with Gasteiger partial charge in [-0.3, -0.25) is 5.26 Å². The lowest BCUT2D eigenvalue weighted by Crippen LogP contribution is -2.09. The van der Waals surface area contributed by atoms with E-state index in [1.807, 2.05) is 7.05 Å². The van der Waals surface area contributed by atoms with Crippen molar-refractivity contribution in [2.45, 2.75) is 6.42 Å². The maximum Gasteiger partial charge on any atom is 0.0831 e. The van der Waals surface area contributed by atoms with Crippen LogP contribution < -0.4 is 5.32 Å². The summed E-state index contributed by atoms with van der Waals surface area (Å²) in [6.07, 6.45) is 0.854. The molecule has 0 amide bonds. The molecule has 0 atom stereocenters. The Bertz CT molecular complexity index is 28.9. The zero-order chi connectivity index (χ0) is 5.54. The molecule has 2 N–H and O–H groups in total. The molecule has 0 saturated heterocycles. The standard InChI is InChI=1S/C4H11NO2/c1-5-3-2-4-7-6/h5-6H,2-4H2,1H3. The first-order chi connectivity index (χ1) is 3.41. The summed E-state index contributed by atoms with van der Waals surface area (Å²) >= 11 is 0. The molecule has 7 heavy (non-hydrogen) atoms. The van der Waals surface area contributed by atoms with Crippen molar-refractivity contribution in [2.24, 2.45) is 0 Å². The first kappa shape index (κ1) is 6.88. The van der Waals surface area contributed by atoms with Gasteiger partial charge in [-0.15, -0.1) is 0 Å². The van der Waals surface area contributed by atoms with E-state index in [-0.39, 0.29) is 0 Å². The Morgan fingerprint density at radius 2 is 2.43 bits per heavy atom. The highest BCUT2D eigenvalue weighted by molar-refractivity contribution is 4.35. The molecule has 44 valence electrons. The van der Waals surface area contributed by atoms with Crippen LogP contribution in [-0.4, -0.2) is 25.5 Å². The van der Waals surface area contributed by atoms with Crippen LogP contribution in [0.15, 0.2) is 0 Å². The van der Waals surface area contributed by atoms with Crippen molar-refractivity contribution in [1.82, 2.24) is 5.32 Å². The number of nitrogens with one attached hydrogen (secondary N) is 1. The quantitative estimate of drug-likeness (QED) is 0.302. The molecule has 0 radical (unpaired) electrons. The second kappa shape index (κ2) is 5.88. The first-order valence-electron chi connectivity index (χ1n) is 2.32. The normalized spacial score (nSPS) is 9.43. The van der Waals surface area contributed by atoms with Gasteiger partial charge in [-0.05, 0) is 20.0 Å². The van der Waals surface area contributed by atoms with Crippen LogP contribution in [0.3, 0.4) is 0 Å². The highest BCUT2D eigenvalue weighted by atomic mass is 17.1. The zero-order valence-electron chi connectivity index (χ0n) is 4.48. The lowest BCUT2D eigenvalue weighted by atomic mass is 10.5. The number of hydrogen-bond acceptors (Lipinski definition) is 3. The van der Waals surface area contributed by atoms with E-state index in [1.165, 1.54) is 0 Å². The summed E-state index contributed by atoms with van der Waals surface area (Å²) in [5.74, 6) is 0. The Morgan fingerprint density at radius 3 is 2.86 bits per heavy atom. The van der Waals surface area contributed by atoms with Gasteiger partial charge in [0, 0.05) is 0 Å². The fourth-order valence-electron chi connectivity index (χ4n) is 0.313. The molecule has 0 aromatic carbocycles. The molecule has 0 aromatic heterocycles. The molecule has 0 spiro atoms. The van der Waals surface area contributed by atoms with Crippen molar-refractivity contribution in [3.63, 3.8) is 0 Å². The summed E-state index contributed by atoms with van der Waals surface area (Å²) < 4.78 is 0. The lowest BCUT2D eigenvalue weighted by Gasteiger charge is -1.93. The Morgan fingerprint density at radius 1 is 1.71 bits per heavy atom. The van der Waals surface area contributed by atoms with Crippen LogP contribution in [0.4, 0.5) is 0 Å². The van der Waals surface area contributed by atoms with Gasteiger partial charge in [0.15, 0.2) is 0 Å². The van der Waals surface area contributed by atoms with Crippen LogP contribution in [0.25, 0.3) is 0 Å². The van der Waals surface area contributed by atoms with E-state index in [9.17, 15) is 0 Å². The average Bonchev–Trinajstić information content (AvgIpc) is 1.69. The molecule has 0 saturated carbocycles. The van der Waals surface area contributed by atoms with E-state index in [4.69, 9.17) is 5.26 Å². The smallest absolute Gasteiger partial charge is 0.0831 e. The van der Waals surface area contributed by atoms with E-state index in [2.05, 4.69) is 10.2 Å². The van der Waals surface area contributed by atoms with Crippen molar-refractivity contribution in [3.8, 4) is 0 Å². The predicted molar refractivity (Wildman–Crippen MR) is 27.1 cm³/mol. The topological polar surface area (TPSA) is 41.5 Å². The van der Waals surface area contributed by atoms with Crippen LogP contribution in [0.2, 0.25) is 0 Å². The van der Waals surface area contributed by atoms with Gasteiger partial charge in [-0.25, -0.2) is 4.89 Å². The maximum absolute atomic E-state index is 7.77. The summed E-state index contributed by atoms with van der Waals surface area (Å²) in [6.45, 7) is 1.31. The third kappa shape index (κ3) is 5.88. The van der Waals surface area contributed by atoms with Crippen molar-refractivity contribution in [2.75, 3.05) is 20.2 Å². The summed E-state index contributed by atoms with van der Waals surface area (Å²) in [7, 11) is 1.86. The van der Waals surface area contributed by atoms with E-state index in [0.29, 0.717) is 6.61 Å². The SMILES string of the molecule is CNCCCOO. The van der Waals surface area contributed by atoms with Crippen LogP contribution in [0.1, 0.15) is 6.42 Å². The number of hydrogen-bond donors (Lipinski definition) is 2. The molecule has 0 heterocycles. The Hall–Kier alpha value is -0.120. The molecule has 0 rings (SSSR count). The van der Waals surface area contributed by atoms with Gasteiger partial charge in [-0.2, -0.15) is 0 Å². The predicted octanol–water partition coefficient (Wildman–Crippen LogP) is 0.0855. The Balaban J connectivity index is 2.45. The summed E-state index contributed by atoms with van der Waals surface area (Å²) in [5, 5.41) is 10.7. The van der Waals surface area contributed by atoms with Crippen molar-refractivity contribution < 1.29 is 10.1 Å². The molecule has 0 aliphatic rings. The minimum Gasteiger partial charge on any atom is -0.320 e. The average molecular weight is 105 g/mol. The second-order valence-electron chi connectivity index (χ2n) is 1.29. The van der Waals surface area contributed by atoms with Crippen molar-refractivity contribution in [1.29, 1.82) is 0 Å². The van der Waals surface area contributed by atoms with Gasteiger partial charge in [0.1, 0.15) is 0 Å². The van der Waals surface area contributed by atoms with Gasteiger partial charge in [0.2, 0.25) is 0 Å². The van der Waals surface area contributed by atoms with Gasteiger partial charge in [-0.1, -0.05) is 0 Å². The molecule has 3 nitrogen and oxygen atoms in total. The van der Waals surface area contributed by atoms with E-state index < -0.39 is 0 Å². The van der Waals surface area contributed by atoms with Gasteiger partial charge < -0.3 is 5.32 Å². The molecule has 0 aliphatic heterocycles. The Kier molecular flexibility index (Phi) is 5.78. The summed E-state index contributed by atoms with van der Waals surface area (Å²) in [6, 6.07) is 0. The molecule has 0 aromatic rings. The lowest BCUT2D eigenvalue weighted by molar-refractivity contribution is -0.242. The molecule has 0 aliphatic carbocycles. The van der Waals surface area contributed by atoms with Gasteiger partial charge >= 0.3 is 0 Å². The highest BCUT2D eigenvalue weighted by Gasteiger charge is 1.80. The molecule has 3 heteroatoms. The molecule has 0 fully saturated rings. The van der Waals surface area contributed by atoms with Crippen LogP contribution in [0, 0.1) is 0 Å². The molecular weight excluding hydrogens is 94.0 g/mol. The highest BCUT2D eigenvalue weighted by Crippen LogP contribution is 1.73. The summed E-state index contributed by atoms with van der Waals surface area (Å²) in [5.41, 5.74) is 0. The monoisotopic (exact) mass is 105 g/mol. The minimum atomic E-state index is 0.418. The minimum absolute atomic E-state index is 0.418. The summed E-state index contributed by atoms with van der Waals surface area (Å²) in [4.78, 5) is 3.80. The fourth-order valence-corrected chi connectivity index (χ4v) is 0.313. The molecule has 0 unspecified atom stereocenters. The van der Waals surface area contributed by atoms with E-state index in [0.717, 1.165) is 13.0 Å². The zero-order valence-corrected chi connectivity index (χ0v) is 4.48. The maximum atomic E-state index is 7.77. The molecule has 0 bridgehead atoms. The van der Waals surface area contributed by atoms with E-state index in [1.54, 1.807) is 0 Å². The van der Waals surface area contributed by atoms with E-state index >= 15 is 0 Å². The van der Waals surface area contributed by atoms with Gasteiger partial charge in [0.05, 0.1) is 6.61 Å². The van der Waals surface area contributed by atoms with Crippen LogP contribution in [-0.2, 0) is 4.89 Å². The first-order valence-corrected chi connectivity index (χ1v) is 2.32. The molecular formula is C4H11NO2. The van der Waals surface area contributed by atoms with Gasteiger partial charge in [0.25, 0.3) is 0 Å². The van der Waals surface area contributed by atoms with Crippen LogP contribution in [0.5, 0.6) is 0 Å². The Labute approximate surface area is 43.2 Å². The largest absolute Gasteiger partial charge is 0.320 e. The third-order valence-corrected chi connectivity index (χ3v) is 0.662.